The van der Waals surface area contributed by atoms with Crippen LogP contribution in [0.5, 0.6) is 23.0 Å². The van der Waals surface area contributed by atoms with E-state index in [1.54, 1.807) is 12.1 Å². The summed E-state index contributed by atoms with van der Waals surface area (Å²) in [6.45, 7) is 7.68. The number of aryl methyl sites for hydroxylation is 3. The summed E-state index contributed by atoms with van der Waals surface area (Å²) in [5, 5.41) is 44.8. The Labute approximate surface area is 272 Å². The zero-order valence-electron chi connectivity index (χ0n) is 26.3. The molecule has 6 aromatic carbocycles. The van der Waals surface area contributed by atoms with Crippen molar-refractivity contribution in [1.29, 1.82) is 0 Å². The van der Waals surface area contributed by atoms with Gasteiger partial charge >= 0.3 is 0 Å². The first-order valence-corrected chi connectivity index (χ1v) is 16.8. The third-order valence-corrected chi connectivity index (χ3v) is 9.70. The van der Waals surface area contributed by atoms with E-state index < -0.39 is 5.92 Å². The van der Waals surface area contributed by atoms with Gasteiger partial charge in [-0.25, -0.2) is 0 Å². The predicted octanol–water partition coefficient (Wildman–Crippen LogP) is 9.55. The van der Waals surface area contributed by atoms with Crippen LogP contribution in [0.15, 0.2) is 115 Å². The summed E-state index contributed by atoms with van der Waals surface area (Å²) in [5.74, 6) is 0.329. The van der Waals surface area contributed by atoms with E-state index in [0.29, 0.717) is 30.8 Å². The summed E-state index contributed by atoms with van der Waals surface area (Å²) in [7, 11) is 0.431. The van der Waals surface area contributed by atoms with Gasteiger partial charge in [0.05, 0.1) is 0 Å². The molecule has 2 unspecified atom stereocenters. The van der Waals surface area contributed by atoms with Gasteiger partial charge in [0.25, 0.3) is 0 Å². The van der Waals surface area contributed by atoms with Gasteiger partial charge in [-0.1, -0.05) is 75.3 Å². The van der Waals surface area contributed by atoms with Crippen LogP contribution in [0.3, 0.4) is 0 Å². The highest BCUT2D eigenvalue weighted by Crippen LogP contribution is 2.46. The summed E-state index contributed by atoms with van der Waals surface area (Å²) >= 11 is 0. The summed E-state index contributed by atoms with van der Waals surface area (Å²) in [4.78, 5) is 0. The average molecular weight is 625 g/mol. The monoisotopic (exact) mass is 624 g/mol. The summed E-state index contributed by atoms with van der Waals surface area (Å²) in [5.41, 5.74) is 10.3. The molecular weight excluding hydrogens is 587 g/mol. The summed E-state index contributed by atoms with van der Waals surface area (Å²) in [6, 6.07) is 37.5. The van der Waals surface area contributed by atoms with Crippen LogP contribution in [-0.2, 0) is 0 Å². The Balaban J connectivity index is 1.59. The molecule has 0 spiro atoms. The van der Waals surface area contributed by atoms with Gasteiger partial charge in [0.2, 0.25) is 0 Å². The quantitative estimate of drug-likeness (QED) is 0.105. The molecule has 0 aliphatic carbocycles. The normalized spacial score (nSPS) is 12.1. The van der Waals surface area contributed by atoms with Crippen molar-refractivity contribution >= 4 is 13.9 Å². The number of aromatic hydroxyl groups is 4. The number of hydrogen-bond donors (Lipinski definition) is 4. The topological polar surface area (TPSA) is 80.9 Å². The lowest BCUT2D eigenvalue weighted by Gasteiger charge is -2.25. The van der Waals surface area contributed by atoms with Crippen LogP contribution in [0.1, 0.15) is 39.3 Å². The van der Waals surface area contributed by atoms with Gasteiger partial charge in [-0.15, -0.1) is 0 Å². The van der Waals surface area contributed by atoms with Crippen LogP contribution in [0, 0.1) is 20.8 Å². The van der Waals surface area contributed by atoms with Crippen LogP contribution in [0.25, 0.3) is 33.4 Å². The molecule has 0 fully saturated rings. The maximum absolute atomic E-state index is 11.7. The molecule has 230 valence electrons. The van der Waals surface area contributed by atoms with E-state index in [9.17, 15) is 20.4 Å². The number of phenolic OH excluding ortho intramolecular Hbond substituents is 4. The number of rotatable bonds is 7. The molecule has 0 radical (unpaired) electrons. The van der Waals surface area contributed by atoms with Gasteiger partial charge in [-0.3, -0.25) is 0 Å². The smallest absolute Gasteiger partial charge is 0.122 e. The number of phenols is 4. The molecule has 6 rings (SSSR count). The lowest BCUT2D eigenvalue weighted by Crippen LogP contribution is -2.07. The lowest BCUT2D eigenvalue weighted by molar-refractivity contribution is 0.454. The lowest BCUT2D eigenvalue weighted by atomic mass is 9.80. The Hall–Kier alpha value is -5.05. The van der Waals surface area contributed by atoms with Gasteiger partial charge < -0.3 is 20.4 Å². The molecular formula is C41H37O4P. The largest absolute Gasteiger partial charge is 0.508 e. The Morgan fingerprint density at radius 2 is 0.935 bits per heavy atom. The van der Waals surface area contributed by atoms with Crippen molar-refractivity contribution in [1.82, 2.24) is 0 Å². The van der Waals surface area contributed by atoms with E-state index in [-0.39, 0.29) is 23.0 Å². The van der Waals surface area contributed by atoms with Crippen LogP contribution in [0.2, 0.25) is 0 Å². The second-order valence-corrected chi connectivity index (χ2v) is 12.9. The average Bonchev–Trinajstić information content (AvgIpc) is 3.07. The molecule has 46 heavy (non-hydrogen) atoms. The van der Waals surface area contributed by atoms with Gasteiger partial charge in [0.15, 0.2) is 0 Å². The molecule has 5 heteroatoms. The van der Waals surface area contributed by atoms with Crippen molar-refractivity contribution in [2.75, 3.05) is 6.66 Å². The fourth-order valence-electron chi connectivity index (χ4n) is 6.16. The first-order valence-electron chi connectivity index (χ1n) is 15.3. The molecule has 0 heterocycles. The van der Waals surface area contributed by atoms with Gasteiger partial charge in [0, 0.05) is 22.3 Å². The van der Waals surface area contributed by atoms with E-state index in [1.165, 1.54) is 0 Å². The maximum atomic E-state index is 11.7. The second kappa shape index (κ2) is 12.7. The molecule has 6 aromatic rings. The van der Waals surface area contributed by atoms with E-state index in [2.05, 4.69) is 36.4 Å². The Morgan fingerprint density at radius 1 is 0.457 bits per heavy atom. The van der Waals surface area contributed by atoms with Gasteiger partial charge in [-0.05, 0) is 132 Å². The first kappa shape index (κ1) is 31.0. The van der Waals surface area contributed by atoms with Crippen molar-refractivity contribution in [3.05, 3.63) is 149 Å². The van der Waals surface area contributed by atoms with Gasteiger partial charge in [-0.2, -0.15) is 0 Å². The second-order valence-electron chi connectivity index (χ2n) is 11.9. The van der Waals surface area contributed by atoms with E-state index >= 15 is 0 Å². The Bertz CT molecular complexity index is 2050. The van der Waals surface area contributed by atoms with Crippen LogP contribution in [-0.4, -0.2) is 27.1 Å². The minimum absolute atomic E-state index is 0.165. The van der Waals surface area contributed by atoms with E-state index in [1.807, 2.05) is 94.2 Å². The summed E-state index contributed by atoms with van der Waals surface area (Å²) in [6.07, 6.45) is 0. The van der Waals surface area contributed by atoms with Crippen molar-refractivity contribution < 1.29 is 20.4 Å². The van der Waals surface area contributed by atoms with Crippen molar-refractivity contribution in [3.8, 4) is 56.4 Å². The molecule has 0 aliphatic rings. The maximum Gasteiger partial charge on any atom is 0.122 e. The van der Waals surface area contributed by atoms with Crippen LogP contribution in [0.4, 0.5) is 0 Å². The molecule has 0 saturated carbocycles. The third kappa shape index (κ3) is 5.97. The fourth-order valence-corrected chi connectivity index (χ4v) is 6.80. The standard InChI is InChI=1S/C41H37O4P/c1-24-18-30(14-16-36(24)42)32-19-25(2)40(44)34(21-32)39(29-12-10-28(11-13-29)27-8-6-5-7-9-27)35-22-33(20-26(3)41(35)45)31-15-17-37(43)38(23-31)46-4/h5-23,39,42-46H,1-4H3. The molecule has 2 atom stereocenters. The highest BCUT2D eigenvalue weighted by atomic mass is 31.1. The molecule has 0 aromatic heterocycles. The van der Waals surface area contributed by atoms with Crippen LogP contribution >= 0.6 is 8.58 Å². The Morgan fingerprint density at radius 3 is 1.48 bits per heavy atom. The zero-order chi connectivity index (χ0) is 32.5. The summed E-state index contributed by atoms with van der Waals surface area (Å²) < 4.78 is 0. The Kier molecular flexibility index (Phi) is 8.58. The van der Waals surface area contributed by atoms with Crippen molar-refractivity contribution in [3.63, 3.8) is 0 Å². The highest BCUT2D eigenvalue weighted by molar-refractivity contribution is 7.46. The SMILES string of the molecule is CPc1cc(-c2cc(C)c(O)c(C(c3ccc(-c4ccccc4)cc3)c3cc(-c4ccc(O)c(C)c4)cc(C)c3O)c2)ccc1O. The van der Waals surface area contributed by atoms with Crippen LogP contribution < -0.4 is 5.30 Å². The zero-order valence-corrected chi connectivity index (χ0v) is 27.3. The molecule has 0 saturated heterocycles. The molecule has 0 bridgehead atoms. The molecule has 4 nitrogen and oxygen atoms in total. The van der Waals surface area contributed by atoms with E-state index in [0.717, 1.165) is 49.8 Å². The molecule has 4 N–H and O–H groups in total. The minimum atomic E-state index is -0.509. The van der Waals surface area contributed by atoms with Crippen molar-refractivity contribution in [2.24, 2.45) is 0 Å². The molecule has 0 aliphatic heterocycles. The van der Waals surface area contributed by atoms with Crippen molar-refractivity contribution in [2.45, 2.75) is 26.7 Å². The number of benzene rings is 6. The van der Waals surface area contributed by atoms with E-state index in [4.69, 9.17) is 0 Å². The predicted molar refractivity (Wildman–Crippen MR) is 191 cm³/mol. The molecule has 0 amide bonds. The first-order chi connectivity index (χ1) is 22.1. The highest BCUT2D eigenvalue weighted by Gasteiger charge is 2.26. The third-order valence-electron chi connectivity index (χ3n) is 8.76. The number of hydrogen-bond acceptors (Lipinski definition) is 4. The van der Waals surface area contributed by atoms with Gasteiger partial charge in [0.1, 0.15) is 23.0 Å². The minimum Gasteiger partial charge on any atom is -0.508 e. The fraction of sp³-hybridized carbons (Fsp3) is 0.122.